The minimum Gasteiger partial charge on any atom is -0.381 e. The molecule has 0 unspecified atom stereocenters. The van der Waals surface area contributed by atoms with Crippen molar-refractivity contribution in [3.63, 3.8) is 0 Å². The van der Waals surface area contributed by atoms with Gasteiger partial charge in [0.25, 0.3) is 0 Å². The summed E-state index contributed by atoms with van der Waals surface area (Å²) in [6.45, 7) is 2.30. The minimum absolute atomic E-state index is 0.586. The van der Waals surface area contributed by atoms with E-state index in [0.717, 1.165) is 17.3 Å². The van der Waals surface area contributed by atoms with Crippen LogP contribution in [0.5, 0.6) is 0 Å². The van der Waals surface area contributed by atoms with Crippen molar-refractivity contribution in [1.82, 2.24) is 15.0 Å². The van der Waals surface area contributed by atoms with Crippen LogP contribution in [0.3, 0.4) is 0 Å². The second kappa shape index (κ2) is 6.07. The van der Waals surface area contributed by atoms with Gasteiger partial charge in [0.05, 0.1) is 23.8 Å². The van der Waals surface area contributed by atoms with E-state index >= 15 is 0 Å². The van der Waals surface area contributed by atoms with E-state index in [1.54, 1.807) is 6.20 Å². The second-order valence-electron chi connectivity index (χ2n) is 5.64. The Morgan fingerprint density at radius 2 is 2.00 bits per heavy atom. The highest BCUT2D eigenvalue weighted by atomic mass is 15.4. The van der Waals surface area contributed by atoms with Crippen LogP contribution in [-0.2, 0) is 0 Å². The van der Waals surface area contributed by atoms with Gasteiger partial charge in [-0.2, -0.15) is 0 Å². The molecule has 0 radical (unpaired) electrons. The number of hydrogen-bond acceptors (Lipinski definition) is 3. The summed E-state index contributed by atoms with van der Waals surface area (Å²) in [5, 5.41) is 11.7. The molecule has 0 bridgehead atoms. The summed E-state index contributed by atoms with van der Waals surface area (Å²) in [5.74, 6) is 0.929. The van der Waals surface area contributed by atoms with E-state index in [4.69, 9.17) is 0 Å². The van der Waals surface area contributed by atoms with Crippen LogP contribution >= 0.6 is 0 Å². The van der Waals surface area contributed by atoms with Gasteiger partial charge in [0, 0.05) is 6.04 Å². The summed E-state index contributed by atoms with van der Waals surface area (Å²) in [6, 6.07) is 8.90. The van der Waals surface area contributed by atoms with Crippen molar-refractivity contribution >= 4 is 5.69 Å². The molecule has 1 aromatic carbocycles. The van der Waals surface area contributed by atoms with Crippen LogP contribution in [0.25, 0.3) is 5.69 Å². The zero-order chi connectivity index (χ0) is 13.8. The Labute approximate surface area is 120 Å². The predicted molar refractivity (Wildman–Crippen MR) is 81.0 cm³/mol. The van der Waals surface area contributed by atoms with E-state index in [9.17, 15) is 0 Å². The Bertz CT molecular complexity index is 527. The van der Waals surface area contributed by atoms with Gasteiger partial charge in [-0.3, -0.25) is 0 Å². The number of para-hydroxylation sites is 2. The fourth-order valence-corrected chi connectivity index (χ4v) is 3.07. The maximum atomic E-state index is 4.09. The fraction of sp³-hybridized carbons (Fsp3) is 0.500. The lowest BCUT2D eigenvalue weighted by atomic mass is 9.84. The van der Waals surface area contributed by atoms with Crippen molar-refractivity contribution in [2.75, 3.05) is 5.32 Å². The molecule has 1 aromatic heterocycles. The van der Waals surface area contributed by atoms with E-state index < -0.39 is 0 Å². The molecule has 1 fully saturated rings. The Balaban J connectivity index is 1.72. The largest absolute Gasteiger partial charge is 0.381 e. The standard InChI is InChI=1S/C16H22N4/c1-2-13-7-9-14(10-8-13)18-15-5-3-4-6-16(15)20-12-11-17-19-20/h3-6,11-14,18H,2,7-10H2,1H3. The highest BCUT2D eigenvalue weighted by Crippen LogP contribution is 2.29. The normalized spacial score (nSPS) is 22.6. The number of benzene rings is 1. The molecule has 1 N–H and O–H groups in total. The Kier molecular flexibility index (Phi) is 4.00. The van der Waals surface area contributed by atoms with Gasteiger partial charge in [0.2, 0.25) is 0 Å². The van der Waals surface area contributed by atoms with Gasteiger partial charge in [-0.1, -0.05) is 30.7 Å². The van der Waals surface area contributed by atoms with E-state index in [-0.39, 0.29) is 0 Å². The summed E-state index contributed by atoms with van der Waals surface area (Å²) < 4.78 is 1.82. The summed E-state index contributed by atoms with van der Waals surface area (Å²) in [7, 11) is 0. The molecule has 20 heavy (non-hydrogen) atoms. The molecule has 0 spiro atoms. The first-order valence-corrected chi connectivity index (χ1v) is 7.59. The minimum atomic E-state index is 0.586. The number of hydrogen-bond donors (Lipinski definition) is 1. The van der Waals surface area contributed by atoms with Crippen LogP contribution in [0.2, 0.25) is 0 Å². The lowest BCUT2D eigenvalue weighted by Gasteiger charge is -2.29. The Morgan fingerprint density at radius 1 is 1.20 bits per heavy atom. The number of anilines is 1. The van der Waals surface area contributed by atoms with Crippen LogP contribution in [0.4, 0.5) is 5.69 Å². The van der Waals surface area contributed by atoms with Crippen LogP contribution in [0.15, 0.2) is 36.7 Å². The van der Waals surface area contributed by atoms with Crippen molar-refractivity contribution < 1.29 is 0 Å². The SMILES string of the molecule is CCC1CCC(Nc2ccccc2-n2ccnn2)CC1. The third-order valence-corrected chi connectivity index (χ3v) is 4.36. The van der Waals surface area contributed by atoms with Crippen LogP contribution in [-0.4, -0.2) is 21.0 Å². The maximum Gasteiger partial charge on any atom is 0.0894 e. The number of nitrogens with zero attached hydrogens (tertiary/aromatic N) is 3. The van der Waals surface area contributed by atoms with Crippen molar-refractivity contribution in [2.45, 2.75) is 45.1 Å². The summed E-state index contributed by atoms with van der Waals surface area (Å²) in [6.07, 6.45) is 10.1. The smallest absolute Gasteiger partial charge is 0.0894 e. The lowest BCUT2D eigenvalue weighted by Crippen LogP contribution is -2.26. The summed E-state index contributed by atoms with van der Waals surface area (Å²) in [4.78, 5) is 0. The van der Waals surface area contributed by atoms with E-state index in [0.29, 0.717) is 6.04 Å². The highest BCUT2D eigenvalue weighted by Gasteiger charge is 2.20. The molecule has 106 valence electrons. The molecule has 0 atom stereocenters. The van der Waals surface area contributed by atoms with E-state index in [1.165, 1.54) is 32.1 Å². The molecule has 0 aliphatic heterocycles. The molecule has 4 nitrogen and oxygen atoms in total. The first-order valence-electron chi connectivity index (χ1n) is 7.59. The van der Waals surface area contributed by atoms with Crippen molar-refractivity contribution in [3.05, 3.63) is 36.7 Å². The molecular weight excluding hydrogens is 248 g/mol. The maximum absolute atomic E-state index is 4.09. The molecule has 1 heterocycles. The van der Waals surface area contributed by atoms with Gasteiger partial charge in [-0.05, 0) is 43.7 Å². The van der Waals surface area contributed by atoms with E-state index in [1.807, 2.05) is 16.9 Å². The average molecular weight is 270 g/mol. The van der Waals surface area contributed by atoms with Crippen molar-refractivity contribution in [3.8, 4) is 5.69 Å². The van der Waals surface area contributed by atoms with Crippen molar-refractivity contribution in [1.29, 1.82) is 0 Å². The van der Waals surface area contributed by atoms with Gasteiger partial charge in [-0.15, -0.1) is 5.10 Å². The number of aromatic nitrogens is 3. The van der Waals surface area contributed by atoms with Gasteiger partial charge in [0.15, 0.2) is 0 Å². The van der Waals surface area contributed by atoms with Gasteiger partial charge in [-0.25, -0.2) is 4.68 Å². The molecule has 0 amide bonds. The van der Waals surface area contributed by atoms with Crippen LogP contribution in [0.1, 0.15) is 39.0 Å². The number of nitrogens with one attached hydrogen (secondary N) is 1. The molecule has 3 rings (SSSR count). The van der Waals surface area contributed by atoms with Crippen LogP contribution < -0.4 is 5.32 Å². The monoisotopic (exact) mass is 270 g/mol. The molecule has 0 saturated heterocycles. The quantitative estimate of drug-likeness (QED) is 0.922. The Morgan fingerprint density at radius 3 is 2.70 bits per heavy atom. The Hall–Kier alpha value is -1.84. The molecule has 1 aliphatic carbocycles. The molecular formula is C16H22N4. The van der Waals surface area contributed by atoms with Gasteiger partial charge < -0.3 is 5.32 Å². The summed E-state index contributed by atoms with van der Waals surface area (Å²) >= 11 is 0. The van der Waals surface area contributed by atoms with Crippen LogP contribution in [0, 0.1) is 5.92 Å². The molecule has 1 saturated carbocycles. The third kappa shape index (κ3) is 2.84. The second-order valence-corrected chi connectivity index (χ2v) is 5.64. The molecule has 2 aromatic rings. The summed E-state index contributed by atoms with van der Waals surface area (Å²) in [5.41, 5.74) is 2.22. The van der Waals surface area contributed by atoms with Gasteiger partial charge >= 0.3 is 0 Å². The van der Waals surface area contributed by atoms with Crippen molar-refractivity contribution in [2.24, 2.45) is 5.92 Å². The lowest BCUT2D eigenvalue weighted by molar-refractivity contribution is 0.330. The zero-order valence-corrected chi connectivity index (χ0v) is 12.0. The molecule has 1 aliphatic rings. The zero-order valence-electron chi connectivity index (χ0n) is 12.0. The average Bonchev–Trinajstić information content (AvgIpc) is 3.03. The molecule has 4 heteroatoms. The predicted octanol–water partition coefficient (Wildman–Crippen LogP) is 3.65. The first-order chi connectivity index (χ1) is 9.86. The van der Waals surface area contributed by atoms with Gasteiger partial charge in [0.1, 0.15) is 0 Å². The first kappa shape index (κ1) is 13.2. The number of rotatable bonds is 4. The third-order valence-electron chi connectivity index (χ3n) is 4.36. The fourth-order valence-electron chi connectivity index (χ4n) is 3.07. The highest BCUT2D eigenvalue weighted by molar-refractivity contribution is 5.60. The topological polar surface area (TPSA) is 42.7 Å². The van der Waals surface area contributed by atoms with E-state index in [2.05, 4.69) is 40.8 Å².